The van der Waals surface area contributed by atoms with Crippen molar-refractivity contribution in [3.63, 3.8) is 0 Å². The Labute approximate surface area is 161 Å². The van der Waals surface area contributed by atoms with Gasteiger partial charge in [-0.3, -0.25) is 0 Å². The minimum Gasteiger partial charge on any atom is -0.206 e. The van der Waals surface area contributed by atoms with Crippen LogP contribution >= 0.6 is 11.6 Å². The zero-order chi connectivity index (χ0) is 19.1. The third kappa shape index (κ3) is 3.25. The van der Waals surface area contributed by atoms with Crippen LogP contribution in [0.5, 0.6) is 0 Å². The highest BCUT2D eigenvalue weighted by Gasteiger charge is 2.22. The predicted molar refractivity (Wildman–Crippen MR) is 104 cm³/mol. The summed E-state index contributed by atoms with van der Waals surface area (Å²) in [6, 6.07) is 11.6. The number of hydrogen-bond donors (Lipinski definition) is 0. The molecule has 0 saturated heterocycles. The number of rotatable bonds is 4. The molecule has 0 nitrogen and oxygen atoms in total. The second-order valence-corrected chi connectivity index (χ2v) is 7.39. The molecule has 0 atom stereocenters. The van der Waals surface area contributed by atoms with E-state index < -0.39 is 22.5 Å². The predicted octanol–water partition coefficient (Wildman–Crippen LogP) is 7.34. The van der Waals surface area contributed by atoms with Crippen molar-refractivity contribution < 1.29 is 13.2 Å². The molecule has 3 aromatic carbocycles. The van der Waals surface area contributed by atoms with Crippen molar-refractivity contribution in [2.45, 2.75) is 32.6 Å². The molecule has 27 heavy (non-hydrogen) atoms. The van der Waals surface area contributed by atoms with Crippen LogP contribution in [-0.2, 0) is 12.8 Å². The molecule has 0 unspecified atom stereocenters. The van der Waals surface area contributed by atoms with Gasteiger partial charge in [0.1, 0.15) is 22.5 Å². The first-order valence-electron chi connectivity index (χ1n) is 9.07. The highest BCUT2D eigenvalue weighted by Crippen LogP contribution is 2.41. The van der Waals surface area contributed by atoms with Gasteiger partial charge in [-0.25, -0.2) is 13.2 Å². The van der Waals surface area contributed by atoms with Crippen molar-refractivity contribution in [2.24, 2.45) is 0 Å². The van der Waals surface area contributed by atoms with E-state index >= 15 is 0 Å². The standard InChI is InChI=1S/C23H18ClF3/c1-2-3-4-13-5-6-17-14(7-13)8-15-9-19(20(25)12-18(15)17)16-10-21(26)23(24)22(27)11-16/h5-7,9-12H,2-4,8H2,1H3. The van der Waals surface area contributed by atoms with Crippen LogP contribution in [0.1, 0.15) is 36.5 Å². The summed E-state index contributed by atoms with van der Waals surface area (Å²) in [7, 11) is 0. The van der Waals surface area contributed by atoms with Gasteiger partial charge in [0.05, 0.1) is 0 Å². The first-order valence-corrected chi connectivity index (χ1v) is 9.45. The van der Waals surface area contributed by atoms with Gasteiger partial charge < -0.3 is 0 Å². The maximum absolute atomic E-state index is 14.8. The Morgan fingerprint density at radius 1 is 0.815 bits per heavy atom. The lowest BCUT2D eigenvalue weighted by molar-refractivity contribution is 0.584. The van der Waals surface area contributed by atoms with Crippen LogP contribution in [0.15, 0.2) is 42.5 Å². The van der Waals surface area contributed by atoms with Crippen LogP contribution in [0.4, 0.5) is 13.2 Å². The fourth-order valence-electron chi connectivity index (χ4n) is 3.74. The highest BCUT2D eigenvalue weighted by molar-refractivity contribution is 6.31. The molecule has 0 radical (unpaired) electrons. The van der Waals surface area contributed by atoms with Gasteiger partial charge >= 0.3 is 0 Å². The average molecular weight is 387 g/mol. The monoisotopic (exact) mass is 386 g/mol. The Balaban J connectivity index is 1.75. The van der Waals surface area contributed by atoms with E-state index in [0.29, 0.717) is 6.42 Å². The van der Waals surface area contributed by atoms with Gasteiger partial charge in [-0.15, -0.1) is 0 Å². The second-order valence-electron chi connectivity index (χ2n) is 7.01. The summed E-state index contributed by atoms with van der Waals surface area (Å²) in [5, 5.41) is -0.577. The number of aryl methyl sites for hydroxylation is 1. The fourth-order valence-corrected chi connectivity index (χ4v) is 3.85. The molecule has 1 aliphatic carbocycles. The lowest BCUT2D eigenvalue weighted by atomic mass is 9.98. The first kappa shape index (κ1) is 18.1. The van der Waals surface area contributed by atoms with Crippen LogP contribution in [0, 0.1) is 17.5 Å². The normalized spacial score (nSPS) is 12.2. The maximum atomic E-state index is 14.8. The van der Waals surface area contributed by atoms with Crippen LogP contribution in [-0.4, -0.2) is 0 Å². The van der Waals surface area contributed by atoms with Gasteiger partial charge in [-0.2, -0.15) is 0 Å². The van der Waals surface area contributed by atoms with Crippen LogP contribution in [0.25, 0.3) is 22.3 Å². The molecule has 4 rings (SSSR count). The Morgan fingerprint density at radius 3 is 2.22 bits per heavy atom. The van der Waals surface area contributed by atoms with E-state index in [1.54, 1.807) is 6.07 Å². The van der Waals surface area contributed by atoms with Gasteiger partial charge in [-0.1, -0.05) is 43.1 Å². The van der Waals surface area contributed by atoms with E-state index in [-0.39, 0.29) is 11.1 Å². The van der Waals surface area contributed by atoms with E-state index in [1.165, 1.54) is 17.2 Å². The summed E-state index contributed by atoms with van der Waals surface area (Å²) in [6.45, 7) is 2.16. The summed E-state index contributed by atoms with van der Waals surface area (Å²) in [4.78, 5) is 0. The third-order valence-electron chi connectivity index (χ3n) is 5.15. The molecule has 0 amide bonds. The molecule has 138 valence electrons. The number of fused-ring (bicyclic) bond motifs is 3. The van der Waals surface area contributed by atoms with E-state index in [1.807, 2.05) is 6.07 Å². The molecule has 1 aliphatic rings. The van der Waals surface area contributed by atoms with Crippen molar-refractivity contribution in [3.05, 3.63) is 81.6 Å². The third-order valence-corrected chi connectivity index (χ3v) is 5.51. The highest BCUT2D eigenvalue weighted by atomic mass is 35.5. The zero-order valence-corrected chi connectivity index (χ0v) is 15.6. The lowest BCUT2D eigenvalue weighted by Gasteiger charge is -2.09. The molecule has 3 aromatic rings. The van der Waals surface area contributed by atoms with Gasteiger partial charge in [-0.05, 0) is 76.9 Å². The molecule has 0 N–H and O–H groups in total. The molecule has 0 heterocycles. The van der Waals surface area contributed by atoms with E-state index in [2.05, 4.69) is 19.1 Å². The number of benzene rings is 3. The first-order chi connectivity index (χ1) is 13.0. The summed E-state index contributed by atoms with van der Waals surface area (Å²) < 4.78 is 42.4. The van der Waals surface area contributed by atoms with Crippen molar-refractivity contribution in [3.8, 4) is 22.3 Å². The molecule has 0 saturated carbocycles. The van der Waals surface area contributed by atoms with Crippen molar-refractivity contribution >= 4 is 11.6 Å². The molecule has 4 heteroatoms. The maximum Gasteiger partial charge on any atom is 0.145 e. The smallest absolute Gasteiger partial charge is 0.145 e. The SMILES string of the molecule is CCCCc1ccc2c(c1)Cc1cc(-c3cc(F)c(Cl)c(F)c3)c(F)cc1-2. The molecule has 0 aliphatic heterocycles. The van der Waals surface area contributed by atoms with E-state index in [4.69, 9.17) is 11.6 Å². The Hall–Kier alpha value is -2.26. The molecule has 0 bridgehead atoms. The Kier molecular flexibility index (Phi) is 4.73. The summed E-state index contributed by atoms with van der Waals surface area (Å²) in [5.41, 5.74) is 5.63. The minimum absolute atomic E-state index is 0.147. The van der Waals surface area contributed by atoms with Crippen LogP contribution in [0.3, 0.4) is 0 Å². The number of hydrogen-bond acceptors (Lipinski definition) is 0. The number of halogens is 4. The molecule has 0 aromatic heterocycles. The van der Waals surface area contributed by atoms with Crippen LogP contribution < -0.4 is 0 Å². The summed E-state index contributed by atoms with van der Waals surface area (Å²) in [6.07, 6.45) is 4.00. The summed E-state index contributed by atoms with van der Waals surface area (Å²) >= 11 is 5.54. The minimum atomic E-state index is -0.893. The quantitative estimate of drug-likeness (QED) is 0.322. The van der Waals surface area contributed by atoms with E-state index in [0.717, 1.165) is 48.1 Å². The van der Waals surface area contributed by atoms with Crippen molar-refractivity contribution in [1.29, 1.82) is 0 Å². The molecule has 0 fully saturated rings. The van der Waals surface area contributed by atoms with Gasteiger partial charge in [0.15, 0.2) is 0 Å². The molecule has 0 spiro atoms. The average Bonchev–Trinajstić information content (AvgIpc) is 3.00. The molecular formula is C23H18ClF3. The number of unbranched alkanes of at least 4 members (excludes halogenated alkanes) is 1. The van der Waals surface area contributed by atoms with Crippen molar-refractivity contribution in [2.75, 3.05) is 0 Å². The van der Waals surface area contributed by atoms with E-state index in [9.17, 15) is 13.2 Å². The Morgan fingerprint density at radius 2 is 1.52 bits per heavy atom. The zero-order valence-electron chi connectivity index (χ0n) is 14.9. The largest absolute Gasteiger partial charge is 0.206 e. The van der Waals surface area contributed by atoms with Crippen molar-refractivity contribution in [1.82, 2.24) is 0 Å². The molecular weight excluding hydrogens is 369 g/mol. The lowest BCUT2D eigenvalue weighted by Crippen LogP contribution is -1.92. The van der Waals surface area contributed by atoms with Gasteiger partial charge in [0.25, 0.3) is 0 Å². The van der Waals surface area contributed by atoms with Gasteiger partial charge in [0.2, 0.25) is 0 Å². The summed E-state index contributed by atoms with van der Waals surface area (Å²) in [5.74, 6) is -2.29. The fraction of sp³-hybridized carbons (Fsp3) is 0.217. The second kappa shape index (κ2) is 7.05. The topological polar surface area (TPSA) is 0 Å². The van der Waals surface area contributed by atoms with Gasteiger partial charge in [0, 0.05) is 5.56 Å². The Bertz CT molecular complexity index is 1020. The van der Waals surface area contributed by atoms with Crippen LogP contribution in [0.2, 0.25) is 5.02 Å².